The van der Waals surface area contributed by atoms with Gasteiger partial charge >= 0.3 is 0 Å². The van der Waals surface area contributed by atoms with Crippen molar-refractivity contribution in [1.82, 2.24) is 13.9 Å². The Kier molecular flexibility index (Phi) is 4.92. The zero-order valence-corrected chi connectivity index (χ0v) is 19.5. The summed E-state index contributed by atoms with van der Waals surface area (Å²) in [4.78, 5) is 7.43. The third-order valence-electron chi connectivity index (χ3n) is 6.35. The predicted molar refractivity (Wildman–Crippen MR) is 130 cm³/mol. The summed E-state index contributed by atoms with van der Waals surface area (Å²) in [7, 11) is -3.89. The fraction of sp³-hybridized carbons (Fsp3) is 0.192. The average Bonchev–Trinajstić information content (AvgIpc) is 3.45. The number of rotatable bonds is 5. The van der Waals surface area contributed by atoms with E-state index in [1.165, 1.54) is 10.3 Å². The monoisotopic (exact) mass is 459 g/mol. The smallest absolute Gasteiger partial charge is 0.268 e. The number of hydrogen-bond acceptors (Lipinski definition) is 4. The lowest BCUT2D eigenvalue weighted by atomic mass is 9.80. The number of aryl methyl sites for hydroxylation is 1. The van der Waals surface area contributed by atoms with Gasteiger partial charge in [-0.15, -0.1) is 0 Å². The van der Waals surface area contributed by atoms with Gasteiger partial charge in [0, 0.05) is 17.0 Å². The molecule has 0 saturated heterocycles. The highest BCUT2D eigenvalue weighted by Gasteiger charge is 2.38. The van der Waals surface area contributed by atoms with Gasteiger partial charge in [-0.3, -0.25) is 0 Å². The standard InChI is InChI=1S/C26H25N3O3S/c1-17(2)26(30,25-15-27-16-28-25)19-10-13-22-21-6-4-5-7-23(21)29(24(22)14-19)33(31,32)20-11-8-18(3)9-12-20/h4-17,30H,1-3H3,(H,27,28). The highest BCUT2D eigenvalue weighted by molar-refractivity contribution is 7.90. The highest BCUT2D eigenvalue weighted by atomic mass is 32.2. The predicted octanol–water partition coefficient (Wildman–Crippen LogP) is 4.95. The van der Waals surface area contributed by atoms with Crippen LogP contribution in [0.4, 0.5) is 0 Å². The number of imidazole rings is 1. The number of para-hydroxylation sites is 1. The Morgan fingerprint density at radius 1 is 0.970 bits per heavy atom. The normalized spacial score (nSPS) is 14.2. The SMILES string of the molecule is Cc1ccc(S(=O)(=O)n2c3ccccc3c3ccc(C(O)(c4c[nH]cn4)C(C)C)cc32)cc1. The van der Waals surface area contributed by atoms with Crippen LogP contribution in [0.25, 0.3) is 21.8 Å². The molecular formula is C26H25N3O3S. The van der Waals surface area contributed by atoms with Crippen molar-refractivity contribution in [2.45, 2.75) is 31.3 Å². The van der Waals surface area contributed by atoms with Crippen LogP contribution in [0.15, 0.2) is 84.1 Å². The Morgan fingerprint density at radius 2 is 1.67 bits per heavy atom. The minimum Gasteiger partial charge on any atom is -0.378 e. The second-order valence-corrected chi connectivity index (χ2v) is 10.5. The number of benzene rings is 3. The van der Waals surface area contributed by atoms with Crippen molar-refractivity contribution in [1.29, 1.82) is 0 Å². The first-order valence-electron chi connectivity index (χ1n) is 10.8. The van der Waals surface area contributed by atoms with Crippen molar-refractivity contribution in [3.05, 3.63) is 96.1 Å². The van der Waals surface area contributed by atoms with Crippen molar-refractivity contribution in [2.75, 3.05) is 0 Å². The lowest BCUT2D eigenvalue weighted by Gasteiger charge is -2.31. The van der Waals surface area contributed by atoms with Crippen LogP contribution in [0.3, 0.4) is 0 Å². The Labute approximate surface area is 192 Å². The van der Waals surface area contributed by atoms with Crippen LogP contribution in [-0.2, 0) is 15.6 Å². The second-order valence-electron chi connectivity index (χ2n) is 8.71. The summed E-state index contributed by atoms with van der Waals surface area (Å²) in [5.74, 6) is -0.204. The summed E-state index contributed by atoms with van der Waals surface area (Å²) >= 11 is 0. The van der Waals surface area contributed by atoms with E-state index in [9.17, 15) is 13.5 Å². The van der Waals surface area contributed by atoms with E-state index < -0.39 is 15.6 Å². The third kappa shape index (κ3) is 3.19. The molecular weight excluding hydrogens is 434 g/mol. The molecule has 0 saturated carbocycles. The van der Waals surface area contributed by atoms with Crippen LogP contribution in [-0.4, -0.2) is 27.5 Å². The van der Waals surface area contributed by atoms with Gasteiger partial charge in [0.25, 0.3) is 10.0 Å². The van der Waals surface area contributed by atoms with Crippen molar-refractivity contribution < 1.29 is 13.5 Å². The minimum atomic E-state index is -3.89. The number of aromatic amines is 1. The van der Waals surface area contributed by atoms with Crippen LogP contribution in [0.5, 0.6) is 0 Å². The first-order chi connectivity index (χ1) is 15.7. The molecule has 0 spiro atoms. The van der Waals surface area contributed by atoms with Crippen LogP contribution in [0, 0.1) is 12.8 Å². The van der Waals surface area contributed by atoms with Gasteiger partial charge in [-0.1, -0.05) is 61.9 Å². The summed E-state index contributed by atoms with van der Waals surface area (Å²) in [6.45, 7) is 5.75. The van der Waals surface area contributed by atoms with E-state index in [4.69, 9.17) is 0 Å². The van der Waals surface area contributed by atoms with Crippen molar-refractivity contribution in [3.63, 3.8) is 0 Å². The van der Waals surface area contributed by atoms with Crippen molar-refractivity contribution in [2.24, 2.45) is 5.92 Å². The van der Waals surface area contributed by atoms with E-state index in [-0.39, 0.29) is 10.8 Å². The summed E-state index contributed by atoms with van der Waals surface area (Å²) in [6.07, 6.45) is 3.20. The van der Waals surface area contributed by atoms with E-state index in [0.717, 1.165) is 16.3 Å². The van der Waals surface area contributed by atoms with Crippen molar-refractivity contribution >= 4 is 31.8 Å². The van der Waals surface area contributed by atoms with Crippen LogP contribution in [0.2, 0.25) is 0 Å². The van der Waals surface area contributed by atoms with Gasteiger partial charge in [0.05, 0.1) is 28.0 Å². The number of nitrogens with one attached hydrogen (secondary N) is 1. The number of aromatic nitrogens is 3. The topological polar surface area (TPSA) is 88.0 Å². The molecule has 2 N–H and O–H groups in total. The molecule has 1 unspecified atom stereocenters. The maximum atomic E-state index is 13.8. The molecule has 5 rings (SSSR count). The lowest BCUT2D eigenvalue weighted by Crippen LogP contribution is -2.34. The van der Waals surface area contributed by atoms with E-state index in [0.29, 0.717) is 22.3 Å². The van der Waals surface area contributed by atoms with Gasteiger partial charge in [0.15, 0.2) is 0 Å². The summed E-state index contributed by atoms with van der Waals surface area (Å²) in [5.41, 5.74) is 1.78. The van der Waals surface area contributed by atoms with Gasteiger partial charge in [-0.2, -0.15) is 0 Å². The second kappa shape index (κ2) is 7.57. The molecule has 0 aliphatic rings. The summed E-state index contributed by atoms with van der Waals surface area (Å²) < 4.78 is 29.1. The van der Waals surface area contributed by atoms with Crippen LogP contribution < -0.4 is 0 Å². The van der Waals surface area contributed by atoms with Gasteiger partial charge < -0.3 is 10.1 Å². The Balaban J connectivity index is 1.85. The molecule has 3 aromatic carbocycles. The summed E-state index contributed by atoms with van der Waals surface area (Å²) in [6, 6.07) is 19.8. The molecule has 0 radical (unpaired) electrons. The molecule has 0 aliphatic heterocycles. The first kappa shape index (κ1) is 21.4. The van der Waals surface area contributed by atoms with E-state index in [2.05, 4.69) is 9.97 Å². The van der Waals surface area contributed by atoms with E-state index >= 15 is 0 Å². The Hall–Kier alpha value is -3.42. The average molecular weight is 460 g/mol. The zero-order chi connectivity index (χ0) is 23.4. The molecule has 1 atom stereocenters. The van der Waals surface area contributed by atoms with Crippen LogP contribution in [0.1, 0.15) is 30.7 Å². The molecule has 2 heterocycles. The molecule has 2 aromatic heterocycles. The quantitative estimate of drug-likeness (QED) is 0.389. The molecule has 7 heteroatoms. The largest absolute Gasteiger partial charge is 0.378 e. The maximum Gasteiger partial charge on any atom is 0.268 e. The number of H-pyrrole nitrogens is 1. The molecule has 33 heavy (non-hydrogen) atoms. The number of aliphatic hydroxyl groups is 1. The molecule has 0 aliphatic carbocycles. The van der Waals surface area contributed by atoms with Crippen LogP contribution >= 0.6 is 0 Å². The van der Waals surface area contributed by atoms with E-state index in [1.54, 1.807) is 36.5 Å². The molecule has 0 bridgehead atoms. The number of fused-ring (bicyclic) bond motifs is 3. The molecule has 5 aromatic rings. The molecule has 0 fully saturated rings. The minimum absolute atomic E-state index is 0.204. The Morgan fingerprint density at radius 3 is 2.33 bits per heavy atom. The summed E-state index contributed by atoms with van der Waals surface area (Å²) in [5, 5.41) is 13.4. The van der Waals surface area contributed by atoms with Gasteiger partial charge in [0.1, 0.15) is 5.60 Å². The molecule has 6 nitrogen and oxygen atoms in total. The Bertz CT molecular complexity index is 1570. The first-order valence-corrected chi connectivity index (χ1v) is 12.3. The third-order valence-corrected chi connectivity index (χ3v) is 8.10. The zero-order valence-electron chi connectivity index (χ0n) is 18.6. The fourth-order valence-corrected chi connectivity index (χ4v) is 6.01. The van der Waals surface area contributed by atoms with Gasteiger partial charge in [-0.25, -0.2) is 17.4 Å². The number of hydrogen-bond donors (Lipinski definition) is 2. The van der Waals surface area contributed by atoms with Crippen molar-refractivity contribution in [3.8, 4) is 0 Å². The lowest BCUT2D eigenvalue weighted by molar-refractivity contribution is 0.0280. The highest BCUT2D eigenvalue weighted by Crippen LogP contribution is 2.39. The van der Waals surface area contributed by atoms with Gasteiger partial charge in [-0.05, 0) is 42.7 Å². The molecule has 168 valence electrons. The fourth-order valence-electron chi connectivity index (χ4n) is 4.49. The van der Waals surface area contributed by atoms with Gasteiger partial charge in [0.2, 0.25) is 0 Å². The molecule has 0 amide bonds. The van der Waals surface area contributed by atoms with E-state index in [1.807, 2.05) is 57.2 Å². The number of nitrogens with zero attached hydrogens (tertiary/aromatic N) is 2. The maximum absolute atomic E-state index is 13.8.